The Kier molecular flexibility index (Phi) is 2.08. The molecular weight excluding hydrogens is 118 g/mol. The number of hydrogen-bond acceptors (Lipinski definition) is 3. The summed E-state index contributed by atoms with van der Waals surface area (Å²) in [7, 11) is 0. The fourth-order valence-corrected chi connectivity index (χ4v) is 0.801. The van der Waals surface area contributed by atoms with Gasteiger partial charge in [-0.3, -0.25) is 0 Å². The minimum atomic E-state index is -0.514. The van der Waals surface area contributed by atoms with E-state index in [-0.39, 0.29) is 12.6 Å². The van der Waals surface area contributed by atoms with E-state index in [2.05, 4.69) is 0 Å². The second-order valence-electron chi connectivity index (χ2n) is 2.09. The highest BCUT2D eigenvalue weighted by molar-refractivity contribution is 4.89. The number of aliphatic hydroxyl groups excluding tert-OH is 1. The van der Waals surface area contributed by atoms with Crippen LogP contribution in [0.1, 0.15) is 6.42 Å². The monoisotopic (exact) mass is 129 g/mol. The molecule has 1 aliphatic heterocycles. The van der Waals surface area contributed by atoms with Gasteiger partial charge in [-0.2, -0.15) is 0 Å². The van der Waals surface area contributed by atoms with Crippen LogP contribution in [-0.2, 0) is 4.74 Å². The molecule has 0 amide bonds. The maximum Gasteiger partial charge on any atom is 0.128 e. The quantitative estimate of drug-likeness (QED) is 0.533. The zero-order valence-electron chi connectivity index (χ0n) is 5.16. The topological polar surface area (TPSA) is 55.5 Å². The second-order valence-corrected chi connectivity index (χ2v) is 2.09. The van der Waals surface area contributed by atoms with Gasteiger partial charge in [-0.05, 0) is 6.08 Å². The lowest BCUT2D eigenvalue weighted by Crippen LogP contribution is -2.32. The molecule has 3 heteroatoms. The molecule has 3 nitrogen and oxygen atoms in total. The van der Waals surface area contributed by atoms with Crippen molar-refractivity contribution < 1.29 is 9.84 Å². The van der Waals surface area contributed by atoms with Crippen molar-refractivity contribution in [1.82, 2.24) is 0 Å². The molecular formula is C6H11NO2. The third-order valence-corrected chi connectivity index (χ3v) is 1.39. The molecule has 0 aromatic heterocycles. The number of aliphatic hydroxyl groups is 1. The first-order chi connectivity index (χ1) is 4.34. The molecule has 0 radical (unpaired) electrons. The molecule has 0 saturated heterocycles. The fourth-order valence-electron chi connectivity index (χ4n) is 0.801. The van der Waals surface area contributed by atoms with Gasteiger partial charge in [0.05, 0.1) is 6.26 Å². The van der Waals surface area contributed by atoms with Gasteiger partial charge in [0.1, 0.15) is 12.2 Å². The summed E-state index contributed by atoms with van der Waals surface area (Å²) in [5.74, 6) is 0. The van der Waals surface area contributed by atoms with Crippen molar-refractivity contribution in [2.24, 2.45) is 5.73 Å². The largest absolute Gasteiger partial charge is 0.495 e. The van der Waals surface area contributed by atoms with Gasteiger partial charge in [0.25, 0.3) is 0 Å². The van der Waals surface area contributed by atoms with E-state index in [4.69, 9.17) is 15.6 Å². The number of rotatable bonds is 2. The molecule has 52 valence electrons. The molecule has 0 fully saturated rings. The predicted molar refractivity (Wildman–Crippen MR) is 33.7 cm³/mol. The lowest BCUT2D eigenvalue weighted by molar-refractivity contribution is 0.0289. The van der Waals surface area contributed by atoms with Crippen LogP contribution in [0.5, 0.6) is 0 Å². The van der Waals surface area contributed by atoms with Gasteiger partial charge in [-0.25, -0.2) is 0 Å². The second kappa shape index (κ2) is 2.85. The summed E-state index contributed by atoms with van der Waals surface area (Å²) in [6.07, 6.45) is 3.64. The van der Waals surface area contributed by atoms with Crippen LogP contribution in [0.25, 0.3) is 0 Å². The van der Waals surface area contributed by atoms with E-state index in [1.807, 2.05) is 6.08 Å². The Balaban J connectivity index is 2.27. The first kappa shape index (κ1) is 6.58. The third kappa shape index (κ3) is 1.43. The van der Waals surface area contributed by atoms with Crippen LogP contribution in [0, 0.1) is 0 Å². The Hall–Kier alpha value is -0.540. The zero-order valence-corrected chi connectivity index (χ0v) is 5.16. The van der Waals surface area contributed by atoms with Crippen LogP contribution < -0.4 is 5.73 Å². The summed E-state index contributed by atoms with van der Waals surface area (Å²) in [6, 6.07) is 0. The Bertz CT molecular complexity index is 106. The summed E-state index contributed by atoms with van der Waals surface area (Å²) < 4.78 is 5.00. The summed E-state index contributed by atoms with van der Waals surface area (Å²) in [5, 5.41) is 9.07. The van der Waals surface area contributed by atoms with Gasteiger partial charge in [0.15, 0.2) is 0 Å². The van der Waals surface area contributed by atoms with Crippen molar-refractivity contribution in [2.45, 2.75) is 18.6 Å². The van der Waals surface area contributed by atoms with E-state index in [1.165, 1.54) is 0 Å². The number of ether oxygens (including phenoxy) is 1. The molecule has 0 aromatic carbocycles. The van der Waals surface area contributed by atoms with Crippen molar-refractivity contribution in [3.63, 3.8) is 0 Å². The summed E-state index contributed by atoms with van der Waals surface area (Å²) >= 11 is 0. The maximum atomic E-state index is 9.07. The molecule has 0 saturated carbocycles. The minimum absolute atomic E-state index is 0.102. The van der Waals surface area contributed by atoms with Gasteiger partial charge >= 0.3 is 0 Å². The van der Waals surface area contributed by atoms with Crippen molar-refractivity contribution in [3.8, 4) is 0 Å². The van der Waals surface area contributed by atoms with E-state index < -0.39 is 6.10 Å². The molecule has 3 N–H and O–H groups in total. The van der Waals surface area contributed by atoms with Gasteiger partial charge in [-0.1, -0.05) is 0 Å². The first-order valence-corrected chi connectivity index (χ1v) is 3.03. The first-order valence-electron chi connectivity index (χ1n) is 3.03. The lowest BCUT2D eigenvalue weighted by Gasteiger charge is -2.14. The smallest absolute Gasteiger partial charge is 0.128 e. The minimum Gasteiger partial charge on any atom is -0.495 e. The number of hydrogen-bond donors (Lipinski definition) is 2. The number of nitrogens with two attached hydrogens (primary N) is 1. The molecule has 0 aromatic rings. The molecule has 0 spiro atoms. The zero-order chi connectivity index (χ0) is 6.69. The van der Waals surface area contributed by atoms with Gasteiger partial charge in [0.2, 0.25) is 0 Å². The Morgan fingerprint density at radius 1 is 1.89 bits per heavy atom. The van der Waals surface area contributed by atoms with Crippen LogP contribution in [0.3, 0.4) is 0 Å². The Morgan fingerprint density at radius 3 is 3.11 bits per heavy atom. The van der Waals surface area contributed by atoms with Crippen LogP contribution in [0.2, 0.25) is 0 Å². The van der Waals surface area contributed by atoms with Crippen molar-refractivity contribution in [3.05, 3.63) is 12.3 Å². The summed E-state index contributed by atoms with van der Waals surface area (Å²) in [4.78, 5) is 0. The highest BCUT2D eigenvalue weighted by atomic mass is 16.5. The Morgan fingerprint density at radius 2 is 2.67 bits per heavy atom. The predicted octanol–water partition coefficient (Wildman–Crippen LogP) is -0.391. The van der Waals surface area contributed by atoms with Crippen LogP contribution in [-0.4, -0.2) is 23.9 Å². The normalized spacial score (nSPS) is 28.0. The van der Waals surface area contributed by atoms with Crippen molar-refractivity contribution >= 4 is 0 Å². The van der Waals surface area contributed by atoms with Gasteiger partial charge in [0, 0.05) is 13.0 Å². The molecule has 0 unspecified atom stereocenters. The third-order valence-electron chi connectivity index (χ3n) is 1.39. The van der Waals surface area contributed by atoms with Crippen LogP contribution in [0.4, 0.5) is 0 Å². The molecule has 9 heavy (non-hydrogen) atoms. The van der Waals surface area contributed by atoms with Crippen LogP contribution >= 0.6 is 0 Å². The van der Waals surface area contributed by atoms with E-state index in [0.717, 1.165) is 6.42 Å². The molecule has 1 rings (SSSR count). The molecule has 2 atom stereocenters. The van der Waals surface area contributed by atoms with Gasteiger partial charge < -0.3 is 15.6 Å². The lowest BCUT2D eigenvalue weighted by atomic mass is 10.1. The SMILES string of the molecule is NC[C@@H](O)[C@H]1CC=CO1. The highest BCUT2D eigenvalue weighted by Gasteiger charge is 2.19. The molecule has 0 bridgehead atoms. The Labute approximate surface area is 54.1 Å². The van der Waals surface area contributed by atoms with Crippen LogP contribution in [0.15, 0.2) is 12.3 Å². The highest BCUT2D eigenvalue weighted by Crippen LogP contribution is 2.11. The molecule has 0 aliphatic carbocycles. The van der Waals surface area contributed by atoms with E-state index in [9.17, 15) is 0 Å². The van der Waals surface area contributed by atoms with E-state index >= 15 is 0 Å². The average Bonchev–Trinajstić information content (AvgIpc) is 2.37. The molecule has 1 heterocycles. The van der Waals surface area contributed by atoms with E-state index in [0.29, 0.717) is 0 Å². The van der Waals surface area contributed by atoms with Gasteiger partial charge in [-0.15, -0.1) is 0 Å². The maximum absolute atomic E-state index is 9.07. The standard InChI is InChI=1S/C6H11NO2/c7-4-5(8)6-2-1-3-9-6/h1,3,5-6,8H,2,4,7H2/t5-,6-/m1/s1. The fraction of sp³-hybridized carbons (Fsp3) is 0.667. The average molecular weight is 129 g/mol. The van der Waals surface area contributed by atoms with E-state index in [1.54, 1.807) is 6.26 Å². The van der Waals surface area contributed by atoms with Crippen molar-refractivity contribution in [1.29, 1.82) is 0 Å². The summed E-state index contributed by atoms with van der Waals surface area (Å²) in [5.41, 5.74) is 5.19. The summed E-state index contributed by atoms with van der Waals surface area (Å²) in [6.45, 7) is 0.270. The van der Waals surface area contributed by atoms with Crippen molar-refractivity contribution in [2.75, 3.05) is 6.54 Å². The molecule has 1 aliphatic rings.